The minimum atomic E-state index is 0.0557. The van der Waals surface area contributed by atoms with Crippen molar-refractivity contribution in [3.05, 3.63) is 23.8 Å². The van der Waals surface area contributed by atoms with Crippen LogP contribution in [0.5, 0.6) is 11.5 Å². The molecule has 1 atom stereocenters. The summed E-state index contributed by atoms with van der Waals surface area (Å²) in [6.45, 7) is 0. The highest BCUT2D eigenvalue weighted by molar-refractivity contribution is 6.00. The molecule has 0 N–H and O–H groups in total. The molecule has 1 heterocycles. The van der Waals surface area contributed by atoms with Gasteiger partial charge < -0.3 is 9.47 Å². The lowest BCUT2D eigenvalue weighted by molar-refractivity contribution is 0.0701. The average Bonchev–Trinajstić information content (AvgIpc) is 2.75. The van der Waals surface area contributed by atoms with E-state index >= 15 is 0 Å². The molecule has 3 heteroatoms. The van der Waals surface area contributed by atoms with Crippen LogP contribution in [0.1, 0.15) is 55.3 Å². The fourth-order valence-corrected chi connectivity index (χ4v) is 3.40. The van der Waals surface area contributed by atoms with Gasteiger partial charge >= 0.3 is 0 Å². The second kappa shape index (κ2) is 5.86. The SMILES string of the molecule is COc1ccc2c(c1)OC(C1CCCCCC1)CC2=O. The molecule has 1 unspecified atom stereocenters. The maximum absolute atomic E-state index is 12.3. The van der Waals surface area contributed by atoms with Gasteiger partial charge in [0.2, 0.25) is 0 Å². The average molecular weight is 274 g/mol. The predicted octanol–water partition coefficient (Wildman–Crippen LogP) is 4.00. The number of fused-ring (bicyclic) bond motifs is 1. The van der Waals surface area contributed by atoms with Crippen molar-refractivity contribution >= 4 is 5.78 Å². The summed E-state index contributed by atoms with van der Waals surface area (Å²) >= 11 is 0. The topological polar surface area (TPSA) is 35.5 Å². The van der Waals surface area contributed by atoms with E-state index in [1.54, 1.807) is 7.11 Å². The van der Waals surface area contributed by atoms with Gasteiger partial charge in [0.05, 0.1) is 12.7 Å². The van der Waals surface area contributed by atoms with Gasteiger partial charge in [-0.05, 0) is 30.9 Å². The lowest BCUT2D eigenvalue weighted by Crippen LogP contribution is -2.33. The normalized spacial score (nSPS) is 23.6. The summed E-state index contributed by atoms with van der Waals surface area (Å²) in [6.07, 6.45) is 8.15. The van der Waals surface area contributed by atoms with Crippen LogP contribution in [0.2, 0.25) is 0 Å². The molecule has 1 saturated carbocycles. The Bertz CT molecular complexity index is 487. The Labute approximate surface area is 120 Å². The number of benzene rings is 1. The van der Waals surface area contributed by atoms with E-state index in [-0.39, 0.29) is 11.9 Å². The number of carbonyl (C=O) groups excluding carboxylic acids is 1. The van der Waals surface area contributed by atoms with Crippen molar-refractivity contribution < 1.29 is 14.3 Å². The Morgan fingerprint density at radius 3 is 2.60 bits per heavy atom. The Morgan fingerprint density at radius 1 is 1.15 bits per heavy atom. The highest BCUT2D eigenvalue weighted by Gasteiger charge is 2.32. The molecule has 2 aliphatic rings. The molecule has 20 heavy (non-hydrogen) atoms. The van der Waals surface area contributed by atoms with E-state index < -0.39 is 0 Å². The number of rotatable bonds is 2. The van der Waals surface area contributed by atoms with Crippen molar-refractivity contribution in [3.8, 4) is 11.5 Å². The monoisotopic (exact) mass is 274 g/mol. The van der Waals surface area contributed by atoms with E-state index in [2.05, 4.69) is 0 Å². The van der Waals surface area contributed by atoms with Crippen LogP contribution in [0, 0.1) is 5.92 Å². The van der Waals surface area contributed by atoms with Crippen LogP contribution in [0.3, 0.4) is 0 Å². The van der Waals surface area contributed by atoms with Crippen LogP contribution >= 0.6 is 0 Å². The predicted molar refractivity (Wildman–Crippen MR) is 77.5 cm³/mol. The first-order chi connectivity index (χ1) is 9.78. The van der Waals surface area contributed by atoms with E-state index in [0.717, 1.165) is 5.75 Å². The van der Waals surface area contributed by atoms with Crippen LogP contribution < -0.4 is 9.47 Å². The van der Waals surface area contributed by atoms with Gasteiger partial charge in [-0.3, -0.25) is 4.79 Å². The van der Waals surface area contributed by atoms with Crippen LogP contribution in [-0.2, 0) is 0 Å². The molecule has 1 aromatic carbocycles. The molecule has 1 aliphatic heterocycles. The molecule has 0 aromatic heterocycles. The Morgan fingerprint density at radius 2 is 1.90 bits per heavy atom. The first-order valence-electron chi connectivity index (χ1n) is 7.66. The van der Waals surface area contributed by atoms with Crippen molar-refractivity contribution in [1.82, 2.24) is 0 Å². The third-order valence-corrected chi connectivity index (χ3v) is 4.58. The summed E-state index contributed by atoms with van der Waals surface area (Å²) in [5.41, 5.74) is 0.704. The number of hydrogen-bond acceptors (Lipinski definition) is 3. The Hall–Kier alpha value is -1.51. The smallest absolute Gasteiger partial charge is 0.170 e. The third-order valence-electron chi connectivity index (χ3n) is 4.58. The molecule has 0 bridgehead atoms. The molecule has 3 nitrogen and oxygen atoms in total. The lowest BCUT2D eigenvalue weighted by Gasteiger charge is -2.31. The van der Waals surface area contributed by atoms with Gasteiger partial charge in [-0.2, -0.15) is 0 Å². The number of hydrogen-bond donors (Lipinski definition) is 0. The fraction of sp³-hybridized carbons (Fsp3) is 0.588. The first kappa shape index (κ1) is 13.5. The standard InChI is InChI=1S/C17H22O3/c1-19-13-8-9-14-15(18)11-16(20-17(14)10-13)12-6-4-2-3-5-7-12/h8-10,12,16H,2-7,11H2,1H3. The van der Waals surface area contributed by atoms with Crippen LogP contribution in [0.15, 0.2) is 18.2 Å². The Balaban J connectivity index is 1.81. The second-order valence-electron chi connectivity index (χ2n) is 5.90. The molecule has 108 valence electrons. The molecule has 1 fully saturated rings. The van der Waals surface area contributed by atoms with Gasteiger partial charge in [0.25, 0.3) is 0 Å². The van der Waals surface area contributed by atoms with E-state index in [1.807, 2.05) is 18.2 Å². The number of methoxy groups -OCH3 is 1. The molecule has 0 saturated heterocycles. The van der Waals surface area contributed by atoms with Crippen LogP contribution in [-0.4, -0.2) is 19.0 Å². The zero-order chi connectivity index (χ0) is 13.9. The summed E-state index contributed by atoms with van der Waals surface area (Å²) in [6, 6.07) is 5.49. The number of ketones is 1. The fourth-order valence-electron chi connectivity index (χ4n) is 3.40. The molecular weight excluding hydrogens is 252 g/mol. The number of ether oxygens (including phenoxy) is 2. The highest BCUT2D eigenvalue weighted by Crippen LogP contribution is 2.36. The quantitative estimate of drug-likeness (QED) is 0.765. The summed E-state index contributed by atoms with van der Waals surface area (Å²) in [7, 11) is 1.63. The van der Waals surface area contributed by atoms with Crippen molar-refractivity contribution in [3.63, 3.8) is 0 Å². The molecule has 1 aliphatic carbocycles. The van der Waals surface area contributed by atoms with Gasteiger partial charge in [-0.1, -0.05) is 25.7 Å². The van der Waals surface area contributed by atoms with Gasteiger partial charge in [-0.25, -0.2) is 0 Å². The van der Waals surface area contributed by atoms with Crippen LogP contribution in [0.4, 0.5) is 0 Å². The zero-order valence-electron chi connectivity index (χ0n) is 12.1. The van der Waals surface area contributed by atoms with E-state index in [1.165, 1.54) is 38.5 Å². The molecule has 1 aromatic rings. The van der Waals surface area contributed by atoms with E-state index in [0.29, 0.717) is 23.7 Å². The summed E-state index contributed by atoms with van der Waals surface area (Å²) in [5, 5.41) is 0. The highest BCUT2D eigenvalue weighted by atomic mass is 16.5. The van der Waals surface area contributed by atoms with Gasteiger partial charge in [0.15, 0.2) is 5.78 Å². The maximum atomic E-state index is 12.3. The summed E-state index contributed by atoms with van der Waals surface area (Å²) in [5.74, 6) is 2.19. The number of carbonyl (C=O) groups is 1. The minimum Gasteiger partial charge on any atom is -0.497 e. The summed E-state index contributed by atoms with van der Waals surface area (Å²) < 4.78 is 11.4. The van der Waals surface area contributed by atoms with Crippen molar-refractivity contribution in [2.24, 2.45) is 5.92 Å². The molecule has 3 rings (SSSR count). The molecule has 0 spiro atoms. The van der Waals surface area contributed by atoms with Crippen molar-refractivity contribution in [2.75, 3.05) is 7.11 Å². The summed E-state index contributed by atoms with van der Waals surface area (Å²) in [4.78, 5) is 12.3. The zero-order valence-corrected chi connectivity index (χ0v) is 12.1. The molecule has 0 radical (unpaired) electrons. The van der Waals surface area contributed by atoms with Gasteiger partial charge in [0, 0.05) is 12.5 Å². The minimum absolute atomic E-state index is 0.0557. The molecule has 0 amide bonds. The van der Waals surface area contributed by atoms with Gasteiger partial charge in [0.1, 0.15) is 17.6 Å². The largest absolute Gasteiger partial charge is 0.497 e. The Kier molecular flexibility index (Phi) is 3.95. The third kappa shape index (κ3) is 2.67. The first-order valence-corrected chi connectivity index (χ1v) is 7.66. The molecular formula is C17H22O3. The van der Waals surface area contributed by atoms with Crippen molar-refractivity contribution in [2.45, 2.75) is 51.0 Å². The van der Waals surface area contributed by atoms with E-state index in [9.17, 15) is 4.79 Å². The second-order valence-corrected chi connectivity index (χ2v) is 5.90. The van der Waals surface area contributed by atoms with Gasteiger partial charge in [-0.15, -0.1) is 0 Å². The van der Waals surface area contributed by atoms with Crippen LogP contribution in [0.25, 0.3) is 0 Å². The maximum Gasteiger partial charge on any atom is 0.170 e. The number of Topliss-reactive ketones (excluding diaryl/α,β-unsaturated/α-hetero) is 1. The van der Waals surface area contributed by atoms with Crippen molar-refractivity contribution in [1.29, 1.82) is 0 Å². The van der Waals surface area contributed by atoms with E-state index in [4.69, 9.17) is 9.47 Å². The lowest BCUT2D eigenvalue weighted by atomic mass is 9.87.